The van der Waals surface area contributed by atoms with Crippen molar-refractivity contribution in [3.05, 3.63) is 36.7 Å². The number of para-hydroxylation sites is 1. The number of nitrogens with zero attached hydrogens (tertiary/aromatic N) is 3. The van der Waals surface area contributed by atoms with Crippen molar-refractivity contribution in [2.45, 2.75) is 31.2 Å². The highest BCUT2D eigenvalue weighted by atomic mass is 32.2. The molecule has 1 aromatic heterocycles. The lowest BCUT2D eigenvalue weighted by molar-refractivity contribution is 0.0152. The van der Waals surface area contributed by atoms with Gasteiger partial charge in [-0.1, -0.05) is 30.0 Å². The summed E-state index contributed by atoms with van der Waals surface area (Å²) < 4.78 is 7.29. The lowest BCUT2D eigenvalue weighted by Crippen LogP contribution is -2.20. The minimum absolute atomic E-state index is 0.127. The Morgan fingerprint density at radius 2 is 2.05 bits per heavy atom. The molecule has 0 saturated heterocycles. The molecule has 0 spiro atoms. The molecule has 5 nitrogen and oxygen atoms in total. The Morgan fingerprint density at radius 1 is 1.30 bits per heavy atom. The van der Waals surface area contributed by atoms with Crippen LogP contribution in [-0.4, -0.2) is 44.4 Å². The standard InChI is InChI=1S/C14H19N3O2S/c1-11(2)19-8-13(18)9-20-14-16-15-10-17(14)12-6-4-3-5-7-12/h3-7,10-11,13,18H,8-9H2,1-2H3. The molecule has 1 N–H and O–H groups in total. The van der Waals surface area contributed by atoms with E-state index >= 15 is 0 Å². The second-order valence-corrected chi connectivity index (χ2v) is 5.65. The molecule has 1 aromatic carbocycles. The molecule has 20 heavy (non-hydrogen) atoms. The van der Waals surface area contributed by atoms with Gasteiger partial charge in [-0.05, 0) is 26.0 Å². The van der Waals surface area contributed by atoms with Crippen LogP contribution in [-0.2, 0) is 4.74 Å². The number of aliphatic hydroxyl groups excluding tert-OH is 1. The van der Waals surface area contributed by atoms with E-state index in [1.165, 1.54) is 11.8 Å². The van der Waals surface area contributed by atoms with E-state index in [-0.39, 0.29) is 6.10 Å². The van der Waals surface area contributed by atoms with Gasteiger partial charge in [0.15, 0.2) is 5.16 Å². The summed E-state index contributed by atoms with van der Waals surface area (Å²) in [5.74, 6) is 0.526. The highest BCUT2D eigenvalue weighted by molar-refractivity contribution is 7.99. The molecule has 1 atom stereocenters. The first-order valence-electron chi connectivity index (χ1n) is 6.54. The minimum atomic E-state index is -0.511. The van der Waals surface area contributed by atoms with E-state index in [0.29, 0.717) is 12.4 Å². The highest BCUT2D eigenvalue weighted by Gasteiger charge is 2.11. The summed E-state index contributed by atoms with van der Waals surface area (Å²) in [7, 11) is 0. The summed E-state index contributed by atoms with van der Waals surface area (Å²) in [5.41, 5.74) is 1.01. The third-order valence-corrected chi connectivity index (χ3v) is 3.67. The van der Waals surface area contributed by atoms with Gasteiger partial charge in [-0.2, -0.15) is 0 Å². The molecule has 0 aliphatic carbocycles. The number of aromatic nitrogens is 3. The number of hydrogen-bond donors (Lipinski definition) is 1. The van der Waals surface area contributed by atoms with E-state index < -0.39 is 6.10 Å². The first-order chi connectivity index (χ1) is 9.66. The molecule has 1 unspecified atom stereocenters. The van der Waals surface area contributed by atoms with Gasteiger partial charge in [0.1, 0.15) is 6.33 Å². The van der Waals surface area contributed by atoms with Gasteiger partial charge in [-0.3, -0.25) is 4.57 Å². The molecule has 0 amide bonds. The predicted octanol–water partition coefficient (Wildman–Crippen LogP) is 2.15. The molecule has 108 valence electrons. The Balaban J connectivity index is 1.93. The van der Waals surface area contributed by atoms with Gasteiger partial charge in [-0.25, -0.2) is 0 Å². The number of thioether (sulfide) groups is 1. The summed E-state index contributed by atoms with van der Waals surface area (Å²) in [4.78, 5) is 0. The van der Waals surface area contributed by atoms with Gasteiger partial charge in [-0.15, -0.1) is 10.2 Å². The van der Waals surface area contributed by atoms with Crippen molar-refractivity contribution in [1.29, 1.82) is 0 Å². The van der Waals surface area contributed by atoms with Gasteiger partial charge in [0.2, 0.25) is 0 Å². The van der Waals surface area contributed by atoms with Crippen LogP contribution in [0, 0.1) is 0 Å². The van der Waals surface area contributed by atoms with Gasteiger partial charge in [0.25, 0.3) is 0 Å². The largest absolute Gasteiger partial charge is 0.390 e. The highest BCUT2D eigenvalue weighted by Crippen LogP contribution is 2.20. The average molecular weight is 293 g/mol. The molecule has 2 rings (SSSR count). The topological polar surface area (TPSA) is 60.2 Å². The van der Waals surface area contributed by atoms with Crippen LogP contribution in [0.2, 0.25) is 0 Å². The van der Waals surface area contributed by atoms with Crippen molar-refractivity contribution >= 4 is 11.8 Å². The Hall–Kier alpha value is -1.37. The fourth-order valence-corrected chi connectivity index (χ4v) is 2.45. The van der Waals surface area contributed by atoms with Crippen LogP contribution >= 0.6 is 11.8 Å². The van der Waals surface area contributed by atoms with Gasteiger partial charge >= 0.3 is 0 Å². The fourth-order valence-electron chi connectivity index (χ4n) is 1.61. The monoisotopic (exact) mass is 293 g/mol. The van der Waals surface area contributed by atoms with Crippen molar-refractivity contribution in [3.8, 4) is 5.69 Å². The van der Waals surface area contributed by atoms with E-state index in [1.54, 1.807) is 6.33 Å². The average Bonchev–Trinajstić information content (AvgIpc) is 2.92. The van der Waals surface area contributed by atoms with E-state index in [2.05, 4.69) is 10.2 Å². The molecule has 2 aromatic rings. The summed E-state index contributed by atoms with van der Waals surface area (Å²) in [5, 5.41) is 18.6. The maximum atomic E-state index is 9.86. The van der Waals surface area contributed by atoms with Gasteiger partial charge in [0, 0.05) is 11.4 Å². The number of hydrogen-bond acceptors (Lipinski definition) is 5. The van der Waals surface area contributed by atoms with E-state index in [4.69, 9.17) is 4.74 Å². The summed E-state index contributed by atoms with van der Waals surface area (Å²) in [6.45, 7) is 4.24. The van der Waals surface area contributed by atoms with Crippen molar-refractivity contribution in [2.24, 2.45) is 0 Å². The maximum absolute atomic E-state index is 9.86. The van der Waals surface area contributed by atoms with Crippen LogP contribution in [0.1, 0.15) is 13.8 Å². The third kappa shape index (κ3) is 4.33. The fraction of sp³-hybridized carbons (Fsp3) is 0.429. The molecule has 0 aliphatic heterocycles. The molecule has 0 aliphatic rings. The Morgan fingerprint density at radius 3 is 2.75 bits per heavy atom. The summed E-state index contributed by atoms with van der Waals surface area (Å²) >= 11 is 1.47. The zero-order valence-electron chi connectivity index (χ0n) is 11.6. The lowest BCUT2D eigenvalue weighted by atomic mass is 10.3. The Labute approximate surface area is 123 Å². The Kier molecular flexibility index (Phi) is 5.58. The summed E-state index contributed by atoms with van der Waals surface area (Å²) in [6.07, 6.45) is 1.29. The molecule has 0 radical (unpaired) electrons. The maximum Gasteiger partial charge on any atom is 0.195 e. The lowest BCUT2D eigenvalue weighted by Gasteiger charge is -2.13. The first-order valence-corrected chi connectivity index (χ1v) is 7.53. The Bertz CT molecular complexity index is 516. The number of ether oxygens (including phenoxy) is 1. The van der Waals surface area contributed by atoms with Crippen LogP contribution < -0.4 is 0 Å². The first kappa shape index (κ1) is 15.0. The third-order valence-electron chi connectivity index (χ3n) is 2.58. The smallest absolute Gasteiger partial charge is 0.195 e. The second-order valence-electron chi connectivity index (χ2n) is 4.67. The van der Waals surface area contributed by atoms with Crippen LogP contribution in [0.4, 0.5) is 0 Å². The quantitative estimate of drug-likeness (QED) is 0.793. The molecule has 6 heteroatoms. The zero-order valence-corrected chi connectivity index (χ0v) is 12.5. The molecule has 0 saturated carbocycles. The van der Waals surface area contributed by atoms with Gasteiger partial charge in [0.05, 0.1) is 18.8 Å². The predicted molar refractivity (Wildman–Crippen MR) is 79.2 cm³/mol. The molecule has 1 heterocycles. The number of rotatable bonds is 7. The number of benzene rings is 1. The van der Waals surface area contributed by atoms with Crippen molar-refractivity contribution in [3.63, 3.8) is 0 Å². The van der Waals surface area contributed by atoms with Crippen LogP contribution in [0.25, 0.3) is 5.69 Å². The van der Waals surface area contributed by atoms with Crippen LogP contribution in [0.15, 0.2) is 41.8 Å². The van der Waals surface area contributed by atoms with Crippen molar-refractivity contribution in [2.75, 3.05) is 12.4 Å². The zero-order chi connectivity index (χ0) is 14.4. The SMILES string of the molecule is CC(C)OCC(O)CSc1nncn1-c1ccccc1. The van der Waals surface area contributed by atoms with E-state index in [9.17, 15) is 5.11 Å². The molecular weight excluding hydrogens is 274 g/mol. The molecular formula is C14H19N3O2S. The molecule has 0 bridgehead atoms. The second kappa shape index (κ2) is 7.42. The number of aliphatic hydroxyl groups is 1. The van der Waals surface area contributed by atoms with Crippen LogP contribution in [0.3, 0.4) is 0 Å². The summed E-state index contributed by atoms with van der Waals surface area (Å²) in [6, 6.07) is 9.88. The molecule has 0 fully saturated rings. The van der Waals surface area contributed by atoms with E-state index in [0.717, 1.165) is 10.8 Å². The van der Waals surface area contributed by atoms with Crippen molar-refractivity contribution < 1.29 is 9.84 Å². The van der Waals surface area contributed by atoms with Crippen LogP contribution in [0.5, 0.6) is 0 Å². The normalized spacial score (nSPS) is 12.8. The van der Waals surface area contributed by atoms with Gasteiger partial charge < -0.3 is 9.84 Å². The van der Waals surface area contributed by atoms with Crippen molar-refractivity contribution in [1.82, 2.24) is 14.8 Å². The minimum Gasteiger partial charge on any atom is -0.390 e. The van der Waals surface area contributed by atoms with E-state index in [1.807, 2.05) is 48.7 Å².